The van der Waals surface area contributed by atoms with Crippen LogP contribution >= 0.6 is 11.8 Å². The summed E-state index contributed by atoms with van der Waals surface area (Å²) >= 11 is 1.83. The van der Waals surface area contributed by atoms with Gasteiger partial charge in [0.05, 0.1) is 11.4 Å². The molecule has 3 rings (SSSR count). The summed E-state index contributed by atoms with van der Waals surface area (Å²) in [5, 5.41) is 8.25. The van der Waals surface area contributed by atoms with Crippen LogP contribution in [0.5, 0.6) is 0 Å². The van der Waals surface area contributed by atoms with Crippen LogP contribution in [0.15, 0.2) is 24.3 Å². The zero-order valence-corrected chi connectivity index (χ0v) is 12.3. The van der Waals surface area contributed by atoms with Gasteiger partial charge in [-0.2, -0.15) is 16.9 Å². The van der Waals surface area contributed by atoms with Gasteiger partial charge in [-0.3, -0.25) is 0 Å². The Labute approximate surface area is 118 Å². The Balaban J connectivity index is 2.02. The minimum Gasteiger partial charge on any atom is -0.369 e. The summed E-state index contributed by atoms with van der Waals surface area (Å²) in [6.07, 6.45) is 4.30. The second kappa shape index (κ2) is 5.29. The molecule has 0 fully saturated rings. The number of aromatic nitrogens is 2. The smallest absolute Gasteiger partial charge is 0.133 e. The van der Waals surface area contributed by atoms with Crippen molar-refractivity contribution in [3.63, 3.8) is 0 Å². The van der Waals surface area contributed by atoms with Crippen molar-refractivity contribution in [3.8, 4) is 5.69 Å². The first-order valence-electron chi connectivity index (χ1n) is 6.76. The van der Waals surface area contributed by atoms with Crippen molar-refractivity contribution in [3.05, 3.63) is 41.1 Å². The number of anilines is 1. The highest BCUT2D eigenvalue weighted by Gasteiger charge is 2.22. The maximum Gasteiger partial charge on any atom is 0.133 e. The molecule has 19 heavy (non-hydrogen) atoms. The molecule has 0 spiro atoms. The second-order valence-electron chi connectivity index (χ2n) is 4.82. The summed E-state index contributed by atoms with van der Waals surface area (Å²) in [4.78, 5) is 0. The molecule has 0 unspecified atom stereocenters. The fourth-order valence-corrected chi connectivity index (χ4v) is 3.06. The third-order valence-corrected chi connectivity index (χ3v) is 4.17. The van der Waals surface area contributed by atoms with E-state index < -0.39 is 0 Å². The summed E-state index contributed by atoms with van der Waals surface area (Å²) in [6.45, 7) is 3.21. The molecule has 4 heteroatoms. The van der Waals surface area contributed by atoms with Crippen molar-refractivity contribution in [2.75, 3.05) is 18.1 Å². The van der Waals surface area contributed by atoms with Crippen LogP contribution in [-0.4, -0.2) is 22.6 Å². The molecule has 0 saturated carbocycles. The number of hydrogen-bond donors (Lipinski definition) is 1. The number of aryl methyl sites for hydroxylation is 1. The van der Waals surface area contributed by atoms with Crippen LogP contribution in [0, 0.1) is 0 Å². The van der Waals surface area contributed by atoms with Crippen molar-refractivity contribution in [2.24, 2.45) is 0 Å². The van der Waals surface area contributed by atoms with Gasteiger partial charge in [-0.05, 0) is 36.8 Å². The van der Waals surface area contributed by atoms with E-state index in [1.807, 2.05) is 11.8 Å². The summed E-state index contributed by atoms with van der Waals surface area (Å²) in [6, 6.07) is 8.70. The van der Waals surface area contributed by atoms with Gasteiger partial charge in [0.2, 0.25) is 0 Å². The van der Waals surface area contributed by atoms with E-state index in [1.165, 1.54) is 22.6 Å². The van der Waals surface area contributed by atoms with Crippen molar-refractivity contribution in [2.45, 2.75) is 25.5 Å². The maximum atomic E-state index is 4.78. The fraction of sp³-hybridized carbons (Fsp3) is 0.400. The van der Waals surface area contributed by atoms with Gasteiger partial charge in [-0.15, -0.1) is 0 Å². The molecule has 1 aromatic carbocycles. The SMILES string of the molecule is CCc1ccc(-n2nc(CSC)c3c2NCC3)cc1. The Morgan fingerprint density at radius 1 is 1.32 bits per heavy atom. The normalized spacial score (nSPS) is 13.4. The number of rotatable bonds is 4. The van der Waals surface area contributed by atoms with Gasteiger partial charge in [0.25, 0.3) is 0 Å². The molecular formula is C15H19N3S. The minimum absolute atomic E-state index is 0.990. The van der Waals surface area contributed by atoms with Crippen LogP contribution in [0.25, 0.3) is 5.69 Å². The first-order valence-corrected chi connectivity index (χ1v) is 8.15. The molecule has 0 amide bonds. The van der Waals surface area contributed by atoms with Crippen LogP contribution in [0.2, 0.25) is 0 Å². The molecule has 1 aliphatic rings. The lowest BCUT2D eigenvalue weighted by Gasteiger charge is -2.07. The molecule has 1 aliphatic heterocycles. The third-order valence-electron chi connectivity index (χ3n) is 3.60. The zero-order valence-electron chi connectivity index (χ0n) is 11.4. The highest BCUT2D eigenvalue weighted by molar-refractivity contribution is 7.97. The number of thioether (sulfide) groups is 1. The van der Waals surface area contributed by atoms with Crippen molar-refractivity contribution in [1.82, 2.24) is 9.78 Å². The minimum atomic E-state index is 0.990. The van der Waals surface area contributed by atoms with Gasteiger partial charge < -0.3 is 5.32 Å². The molecule has 3 nitrogen and oxygen atoms in total. The second-order valence-corrected chi connectivity index (χ2v) is 5.68. The Bertz CT molecular complexity index is 572. The summed E-state index contributed by atoms with van der Waals surface area (Å²) in [5.41, 5.74) is 5.14. The molecule has 100 valence electrons. The van der Waals surface area contributed by atoms with E-state index in [0.29, 0.717) is 0 Å². The highest BCUT2D eigenvalue weighted by Crippen LogP contribution is 2.30. The standard InChI is InChI=1S/C15H19N3S/c1-3-11-4-6-12(7-5-11)18-15-13(8-9-16-15)14(17-18)10-19-2/h4-7,16H,3,8-10H2,1-2H3. The Hall–Kier alpha value is -1.42. The van der Waals surface area contributed by atoms with Crippen LogP contribution in [-0.2, 0) is 18.6 Å². The Morgan fingerprint density at radius 2 is 2.11 bits per heavy atom. The van der Waals surface area contributed by atoms with E-state index in [2.05, 4.69) is 47.4 Å². The predicted octanol–water partition coefficient (Wildman–Crippen LogP) is 3.27. The summed E-state index contributed by atoms with van der Waals surface area (Å²) in [5.74, 6) is 2.18. The van der Waals surface area contributed by atoms with Gasteiger partial charge in [0.1, 0.15) is 5.82 Å². The quantitative estimate of drug-likeness (QED) is 0.927. The van der Waals surface area contributed by atoms with Gasteiger partial charge in [-0.25, -0.2) is 4.68 Å². The molecule has 0 atom stereocenters. The largest absolute Gasteiger partial charge is 0.369 e. The lowest BCUT2D eigenvalue weighted by Crippen LogP contribution is -2.04. The van der Waals surface area contributed by atoms with Crippen LogP contribution in [0.1, 0.15) is 23.7 Å². The number of benzene rings is 1. The van der Waals surface area contributed by atoms with Crippen LogP contribution < -0.4 is 5.32 Å². The van der Waals surface area contributed by atoms with Crippen LogP contribution in [0.4, 0.5) is 5.82 Å². The molecule has 1 aromatic heterocycles. The number of hydrogen-bond acceptors (Lipinski definition) is 3. The average Bonchev–Trinajstić information content (AvgIpc) is 3.03. The maximum absolute atomic E-state index is 4.78. The summed E-state index contributed by atoms with van der Waals surface area (Å²) < 4.78 is 2.06. The fourth-order valence-electron chi connectivity index (χ4n) is 2.56. The predicted molar refractivity (Wildman–Crippen MR) is 82.4 cm³/mol. The average molecular weight is 273 g/mol. The molecule has 0 aliphatic carbocycles. The molecular weight excluding hydrogens is 254 g/mol. The Morgan fingerprint density at radius 3 is 2.79 bits per heavy atom. The first kappa shape index (κ1) is 12.6. The van der Waals surface area contributed by atoms with E-state index >= 15 is 0 Å². The molecule has 0 saturated heterocycles. The molecule has 1 N–H and O–H groups in total. The van der Waals surface area contributed by atoms with Gasteiger partial charge in [-0.1, -0.05) is 19.1 Å². The number of nitrogens with one attached hydrogen (secondary N) is 1. The lowest BCUT2D eigenvalue weighted by atomic mass is 10.1. The van der Waals surface area contributed by atoms with Gasteiger partial charge >= 0.3 is 0 Å². The van der Waals surface area contributed by atoms with Crippen LogP contribution in [0.3, 0.4) is 0 Å². The Kier molecular flexibility index (Phi) is 3.51. The van der Waals surface area contributed by atoms with Gasteiger partial charge in [0, 0.05) is 17.9 Å². The van der Waals surface area contributed by atoms with Crippen molar-refractivity contribution < 1.29 is 0 Å². The third kappa shape index (κ3) is 2.25. The van der Waals surface area contributed by atoms with E-state index in [4.69, 9.17) is 5.10 Å². The monoisotopic (exact) mass is 273 g/mol. The van der Waals surface area contributed by atoms with Gasteiger partial charge in [0.15, 0.2) is 0 Å². The molecule has 0 radical (unpaired) electrons. The van der Waals surface area contributed by atoms with E-state index in [9.17, 15) is 0 Å². The lowest BCUT2D eigenvalue weighted by molar-refractivity contribution is 0.852. The van der Waals surface area contributed by atoms with E-state index in [-0.39, 0.29) is 0 Å². The summed E-state index contributed by atoms with van der Waals surface area (Å²) in [7, 11) is 0. The van der Waals surface area contributed by atoms with Crippen molar-refractivity contribution in [1.29, 1.82) is 0 Å². The number of fused-ring (bicyclic) bond motifs is 1. The van der Waals surface area contributed by atoms with E-state index in [1.54, 1.807) is 0 Å². The molecule has 2 aromatic rings. The first-order chi connectivity index (χ1) is 9.33. The molecule has 2 heterocycles. The molecule has 0 bridgehead atoms. The zero-order chi connectivity index (χ0) is 13.2. The van der Waals surface area contributed by atoms with Crippen molar-refractivity contribution >= 4 is 17.6 Å². The topological polar surface area (TPSA) is 29.9 Å². The van der Waals surface area contributed by atoms with E-state index in [0.717, 1.165) is 30.8 Å². The highest BCUT2D eigenvalue weighted by atomic mass is 32.2. The number of nitrogens with zero attached hydrogens (tertiary/aromatic N) is 2.